The number of hydrogen-bond donors (Lipinski definition) is 2. The molecular weight excluding hydrogens is 230 g/mol. The number of nitrogens with one attached hydrogen (secondary N) is 1. The minimum absolute atomic E-state index is 0.221. The van der Waals surface area contributed by atoms with Gasteiger partial charge < -0.3 is 5.11 Å². The smallest absolute Gasteiger partial charge is 0.335 e. The molecule has 0 fully saturated rings. The van der Waals surface area contributed by atoms with Gasteiger partial charge in [0.2, 0.25) is 0 Å². The lowest BCUT2D eigenvalue weighted by Gasteiger charge is -2.01. The summed E-state index contributed by atoms with van der Waals surface area (Å²) in [5, 5.41) is 12.9. The Bertz CT molecular complexity index is 567. The first-order valence-corrected chi connectivity index (χ1v) is 5.28. The average Bonchev–Trinajstić information content (AvgIpc) is 2.40. The van der Waals surface area contributed by atoms with Crippen molar-refractivity contribution in [1.29, 1.82) is 0 Å². The second-order valence-corrected chi connectivity index (χ2v) is 3.54. The molecule has 5 heteroatoms. The number of carbonyl (C=O) groups is 1. The Morgan fingerprint density at radius 3 is 2.78 bits per heavy atom. The molecule has 1 aromatic heterocycles. The summed E-state index contributed by atoms with van der Waals surface area (Å²) in [6, 6.07) is 10.1. The summed E-state index contributed by atoms with van der Waals surface area (Å²) in [6.07, 6.45) is 4.98. The van der Waals surface area contributed by atoms with Crippen LogP contribution in [0.15, 0.2) is 53.9 Å². The first-order valence-electron chi connectivity index (χ1n) is 5.28. The van der Waals surface area contributed by atoms with Crippen molar-refractivity contribution < 1.29 is 9.90 Å². The Hall–Kier alpha value is -2.69. The summed E-state index contributed by atoms with van der Waals surface area (Å²) in [6.45, 7) is 0. The van der Waals surface area contributed by atoms with Gasteiger partial charge in [0.15, 0.2) is 0 Å². The van der Waals surface area contributed by atoms with Crippen LogP contribution in [0, 0.1) is 0 Å². The van der Waals surface area contributed by atoms with Gasteiger partial charge in [0.1, 0.15) is 0 Å². The summed E-state index contributed by atoms with van der Waals surface area (Å²) < 4.78 is 0. The van der Waals surface area contributed by atoms with Gasteiger partial charge in [-0.3, -0.25) is 10.4 Å². The molecule has 0 radical (unpaired) electrons. The molecular formula is C13H11N3O2. The van der Waals surface area contributed by atoms with E-state index in [1.165, 1.54) is 12.1 Å². The van der Waals surface area contributed by atoms with Crippen molar-refractivity contribution in [1.82, 2.24) is 4.98 Å². The van der Waals surface area contributed by atoms with Gasteiger partial charge >= 0.3 is 5.97 Å². The zero-order chi connectivity index (χ0) is 12.8. The third kappa shape index (κ3) is 3.15. The van der Waals surface area contributed by atoms with Crippen LogP contribution < -0.4 is 5.43 Å². The van der Waals surface area contributed by atoms with Crippen molar-refractivity contribution in [3.63, 3.8) is 0 Å². The Labute approximate surface area is 104 Å². The molecule has 0 saturated heterocycles. The Balaban J connectivity index is 2.04. The van der Waals surface area contributed by atoms with Crippen LogP contribution in [0.5, 0.6) is 0 Å². The maximum absolute atomic E-state index is 10.8. The molecule has 0 aliphatic carbocycles. The van der Waals surface area contributed by atoms with E-state index in [1.54, 1.807) is 30.7 Å². The van der Waals surface area contributed by atoms with Crippen LogP contribution in [0.3, 0.4) is 0 Å². The van der Waals surface area contributed by atoms with Gasteiger partial charge in [0, 0.05) is 12.4 Å². The zero-order valence-corrected chi connectivity index (χ0v) is 9.45. The molecule has 1 aromatic carbocycles. The van der Waals surface area contributed by atoms with Gasteiger partial charge in [-0.05, 0) is 35.9 Å². The van der Waals surface area contributed by atoms with Crippen molar-refractivity contribution in [3.8, 4) is 0 Å². The van der Waals surface area contributed by atoms with E-state index < -0.39 is 5.97 Å². The fourth-order valence-electron chi connectivity index (χ4n) is 1.35. The van der Waals surface area contributed by atoms with Crippen molar-refractivity contribution in [2.24, 2.45) is 5.10 Å². The van der Waals surface area contributed by atoms with E-state index in [2.05, 4.69) is 15.5 Å². The highest BCUT2D eigenvalue weighted by atomic mass is 16.4. The number of aromatic nitrogens is 1. The minimum Gasteiger partial charge on any atom is -0.478 e. The quantitative estimate of drug-likeness (QED) is 0.635. The molecule has 0 saturated carbocycles. The predicted molar refractivity (Wildman–Crippen MR) is 68.9 cm³/mol. The number of hydrazone groups is 1. The summed E-state index contributed by atoms with van der Waals surface area (Å²) in [7, 11) is 0. The van der Waals surface area contributed by atoms with E-state index in [9.17, 15) is 4.79 Å². The molecule has 18 heavy (non-hydrogen) atoms. The molecule has 0 aliphatic heterocycles. The summed E-state index contributed by atoms with van der Waals surface area (Å²) in [5.74, 6) is -0.961. The first kappa shape index (κ1) is 11.8. The number of carboxylic acid groups (broad SMARTS) is 1. The highest BCUT2D eigenvalue weighted by Gasteiger charge is 2.01. The van der Waals surface area contributed by atoms with Crippen LogP contribution in [0.25, 0.3) is 0 Å². The fourth-order valence-corrected chi connectivity index (χ4v) is 1.35. The highest BCUT2D eigenvalue weighted by molar-refractivity contribution is 5.88. The van der Waals surface area contributed by atoms with Crippen LogP contribution in [0.1, 0.15) is 15.9 Å². The summed E-state index contributed by atoms with van der Waals surface area (Å²) in [5.41, 5.74) is 4.53. The Morgan fingerprint density at radius 2 is 2.06 bits per heavy atom. The molecule has 2 rings (SSSR count). The Kier molecular flexibility index (Phi) is 3.66. The predicted octanol–water partition coefficient (Wildman–Crippen LogP) is 2.23. The van der Waals surface area contributed by atoms with Gasteiger partial charge in [-0.15, -0.1) is 0 Å². The maximum atomic E-state index is 10.8. The SMILES string of the molecule is O=C(O)c1cccc(N/N=C\c2ccncc2)c1. The largest absolute Gasteiger partial charge is 0.478 e. The van der Waals surface area contributed by atoms with Crippen molar-refractivity contribution in [3.05, 3.63) is 59.9 Å². The van der Waals surface area contributed by atoms with E-state index in [-0.39, 0.29) is 5.56 Å². The van der Waals surface area contributed by atoms with Gasteiger partial charge in [-0.2, -0.15) is 5.10 Å². The number of benzene rings is 1. The molecule has 2 N–H and O–H groups in total. The number of nitrogens with zero attached hydrogens (tertiary/aromatic N) is 2. The van der Waals surface area contributed by atoms with E-state index in [4.69, 9.17) is 5.11 Å². The number of anilines is 1. The standard InChI is InChI=1S/C13H11N3O2/c17-13(18)11-2-1-3-12(8-11)16-15-9-10-4-6-14-7-5-10/h1-9,16H,(H,17,18)/b15-9-. The lowest BCUT2D eigenvalue weighted by Crippen LogP contribution is -1.97. The maximum Gasteiger partial charge on any atom is 0.335 e. The molecule has 5 nitrogen and oxygen atoms in total. The first-order chi connectivity index (χ1) is 8.75. The highest BCUT2D eigenvalue weighted by Crippen LogP contribution is 2.10. The van der Waals surface area contributed by atoms with E-state index in [0.29, 0.717) is 5.69 Å². The molecule has 2 aromatic rings. The van der Waals surface area contributed by atoms with Crippen LogP contribution in [0.2, 0.25) is 0 Å². The molecule has 0 bridgehead atoms. The zero-order valence-electron chi connectivity index (χ0n) is 9.45. The molecule has 0 spiro atoms. The minimum atomic E-state index is -0.961. The van der Waals surface area contributed by atoms with Crippen LogP contribution >= 0.6 is 0 Å². The van der Waals surface area contributed by atoms with Crippen LogP contribution in [-0.4, -0.2) is 22.3 Å². The van der Waals surface area contributed by atoms with Gasteiger partial charge in [0.05, 0.1) is 17.5 Å². The number of rotatable bonds is 4. The topological polar surface area (TPSA) is 74.6 Å². The molecule has 0 atom stereocenters. The van der Waals surface area contributed by atoms with Gasteiger partial charge in [-0.25, -0.2) is 4.79 Å². The Morgan fingerprint density at radius 1 is 1.28 bits per heavy atom. The van der Waals surface area contributed by atoms with Crippen LogP contribution in [0.4, 0.5) is 5.69 Å². The average molecular weight is 241 g/mol. The van der Waals surface area contributed by atoms with E-state index >= 15 is 0 Å². The number of pyridine rings is 1. The van der Waals surface area contributed by atoms with Crippen molar-refractivity contribution in [2.45, 2.75) is 0 Å². The van der Waals surface area contributed by atoms with Crippen LogP contribution in [-0.2, 0) is 0 Å². The van der Waals surface area contributed by atoms with E-state index in [1.807, 2.05) is 12.1 Å². The van der Waals surface area contributed by atoms with E-state index in [0.717, 1.165) is 5.56 Å². The normalized spacial score (nSPS) is 10.4. The lowest BCUT2D eigenvalue weighted by atomic mass is 10.2. The fraction of sp³-hybridized carbons (Fsp3) is 0. The molecule has 0 aliphatic rings. The third-order valence-electron chi connectivity index (χ3n) is 2.22. The van der Waals surface area contributed by atoms with Gasteiger partial charge in [0.25, 0.3) is 0 Å². The molecule has 0 unspecified atom stereocenters. The van der Waals surface area contributed by atoms with Crippen molar-refractivity contribution >= 4 is 17.9 Å². The number of hydrogen-bond acceptors (Lipinski definition) is 4. The molecule has 90 valence electrons. The molecule has 0 amide bonds. The van der Waals surface area contributed by atoms with Crippen molar-refractivity contribution in [2.75, 3.05) is 5.43 Å². The second kappa shape index (κ2) is 5.58. The summed E-state index contributed by atoms with van der Waals surface area (Å²) >= 11 is 0. The summed E-state index contributed by atoms with van der Waals surface area (Å²) in [4.78, 5) is 14.7. The second-order valence-electron chi connectivity index (χ2n) is 3.54. The number of aromatic carboxylic acids is 1. The number of carboxylic acids is 1. The third-order valence-corrected chi connectivity index (χ3v) is 2.22. The lowest BCUT2D eigenvalue weighted by molar-refractivity contribution is 0.0697. The van der Waals surface area contributed by atoms with Gasteiger partial charge in [-0.1, -0.05) is 6.07 Å². The molecule has 1 heterocycles. The monoisotopic (exact) mass is 241 g/mol.